The number of carbonyl (C=O) groups excluding carboxylic acids is 1. The number of halogens is 1. The highest BCUT2D eigenvalue weighted by Crippen LogP contribution is 2.30. The van der Waals surface area contributed by atoms with Crippen LogP contribution < -0.4 is 5.32 Å². The fourth-order valence-electron chi connectivity index (χ4n) is 3.24. The second-order valence-electron chi connectivity index (χ2n) is 7.08. The number of carbonyl (C=O) groups is 2. The Kier molecular flexibility index (Phi) is 5.84. The summed E-state index contributed by atoms with van der Waals surface area (Å²) in [5.74, 6) is -1.36. The van der Waals surface area contributed by atoms with Crippen molar-refractivity contribution in [1.29, 1.82) is 0 Å². The second-order valence-corrected chi connectivity index (χ2v) is 7.99. The van der Waals surface area contributed by atoms with Gasteiger partial charge in [0.2, 0.25) is 5.91 Å². The molecular weight excluding hydrogens is 358 g/mol. The fourth-order valence-corrected chi connectivity index (χ4v) is 3.51. The molecule has 2 unspecified atom stereocenters. The van der Waals surface area contributed by atoms with Gasteiger partial charge < -0.3 is 10.4 Å². The number of aliphatic carboxylic acids is 1. The number of hydrogen-bond donors (Lipinski definition) is 2. The Morgan fingerprint density at radius 3 is 2.43 bits per heavy atom. The van der Waals surface area contributed by atoms with E-state index in [0.717, 1.165) is 29.3 Å². The van der Waals surface area contributed by atoms with Crippen LogP contribution in [0.25, 0.3) is 0 Å². The van der Waals surface area contributed by atoms with E-state index in [1.54, 1.807) is 0 Å². The van der Waals surface area contributed by atoms with Crippen LogP contribution in [-0.2, 0) is 16.0 Å². The Balaban J connectivity index is 1.94. The lowest BCUT2D eigenvalue weighted by atomic mass is 9.80. The first-order valence-electron chi connectivity index (χ1n) is 8.06. The molecule has 1 saturated carbocycles. The first-order chi connectivity index (χ1) is 10.8. The Labute approximate surface area is 145 Å². The van der Waals surface area contributed by atoms with Crippen LogP contribution in [-0.4, -0.2) is 22.5 Å². The van der Waals surface area contributed by atoms with E-state index in [1.165, 1.54) is 0 Å². The van der Waals surface area contributed by atoms with Crippen molar-refractivity contribution < 1.29 is 14.7 Å². The van der Waals surface area contributed by atoms with Gasteiger partial charge in [-0.15, -0.1) is 0 Å². The molecule has 0 spiro atoms. The van der Waals surface area contributed by atoms with E-state index in [-0.39, 0.29) is 23.3 Å². The summed E-state index contributed by atoms with van der Waals surface area (Å²) in [5, 5.41) is 12.3. The van der Waals surface area contributed by atoms with Crippen molar-refractivity contribution in [3.8, 4) is 0 Å². The number of amides is 1. The van der Waals surface area contributed by atoms with Crippen LogP contribution in [0, 0.1) is 11.8 Å². The lowest BCUT2D eigenvalue weighted by Crippen LogP contribution is -2.48. The number of benzene rings is 1. The number of nitrogens with one attached hydrogen (secondary N) is 1. The van der Waals surface area contributed by atoms with E-state index in [1.807, 2.05) is 38.1 Å². The third-order valence-electron chi connectivity index (χ3n) is 4.42. The van der Waals surface area contributed by atoms with Crippen molar-refractivity contribution in [2.24, 2.45) is 11.8 Å². The lowest BCUT2D eigenvalue weighted by Gasteiger charge is -2.31. The molecule has 1 aromatic carbocycles. The summed E-state index contributed by atoms with van der Waals surface area (Å²) in [6.07, 6.45) is 3.46. The normalized spacial score (nSPS) is 21.7. The average Bonchev–Trinajstić information content (AvgIpc) is 2.49. The zero-order valence-corrected chi connectivity index (χ0v) is 15.2. The number of carboxylic acids is 1. The zero-order valence-electron chi connectivity index (χ0n) is 13.6. The molecule has 0 heterocycles. The van der Waals surface area contributed by atoms with E-state index >= 15 is 0 Å². The van der Waals surface area contributed by atoms with Gasteiger partial charge in [0.25, 0.3) is 0 Å². The maximum Gasteiger partial charge on any atom is 0.306 e. The first-order valence-corrected chi connectivity index (χ1v) is 8.85. The summed E-state index contributed by atoms with van der Waals surface area (Å²) in [5.41, 5.74) is 0.798. The Morgan fingerprint density at radius 2 is 1.83 bits per heavy atom. The molecule has 0 saturated heterocycles. The Bertz CT molecular complexity index is 568. The van der Waals surface area contributed by atoms with Crippen LogP contribution in [0.3, 0.4) is 0 Å². The smallest absolute Gasteiger partial charge is 0.306 e. The third-order valence-corrected chi connectivity index (χ3v) is 4.94. The standard InChI is InChI=1S/C18H24BrNO3/c1-18(2,11-12-6-8-15(19)9-7-12)20-16(21)13-4-3-5-14(10-13)17(22)23/h6-9,13-14H,3-5,10-11H2,1-2H3,(H,20,21)(H,22,23). The minimum absolute atomic E-state index is 0.0157. The van der Waals surface area contributed by atoms with Gasteiger partial charge in [-0.3, -0.25) is 9.59 Å². The van der Waals surface area contributed by atoms with Gasteiger partial charge in [-0.25, -0.2) is 0 Å². The minimum Gasteiger partial charge on any atom is -0.481 e. The van der Waals surface area contributed by atoms with E-state index in [2.05, 4.69) is 21.2 Å². The van der Waals surface area contributed by atoms with E-state index < -0.39 is 5.97 Å². The summed E-state index contributed by atoms with van der Waals surface area (Å²) < 4.78 is 1.03. The van der Waals surface area contributed by atoms with Gasteiger partial charge in [0.15, 0.2) is 0 Å². The third kappa shape index (κ3) is 5.34. The molecule has 0 radical (unpaired) electrons. The molecular formula is C18H24BrNO3. The van der Waals surface area contributed by atoms with Crippen molar-refractivity contribution in [2.75, 3.05) is 0 Å². The average molecular weight is 382 g/mol. The van der Waals surface area contributed by atoms with Crippen LogP contribution in [0.5, 0.6) is 0 Å². The van der Waals surface area contributed by atoms with Crippen LogP contribution in [0.2, 0.25) is 0 Å². The highest BCUT2D eigenvalue weighted by Gasteiger charge is 2.33. The van der Waals surface area contributed by atoms with Gasteiger partial charge in [-0.1, -0.05) is 34.5 Å². The number of carboxylic acid groups (broad SMARTS) is 1. The van der Waals surface area contributed by atoms with Crippen molar-refractivity contribution in [3.63, 3.8) is 0 Å². The number of rotatable bonds is 5. The van der Waals surface area contributed by atoms with Crippen molar-refractivity contribution in [3.05, 3.63) is 34.3 Å². The molecule has 1 aromatic rings. The predicted octanol–water partition coefficient (Wildman–Crippen LogP) is 3.78. The maximum absolute atomic E-state index is 12.5. The Hall–Kier alpha value is -1.36. The monoisotopic (exact) mass is 381 g/mol. The summed E-state index contributed by atoms with van der Waals surface area (Å²) in [7, 11) is 0. The first kappa shape index (κ1) is 18.0. The topological polar surface area (TPSA) is 66.4 Å². The fraction of sp³-hybridized carbons (Fsp3) is 0.556. The summed E-state index contributed by atoms with van der Waals surface area (Å²) in [6, 6.07) is 8.07. The molecule has 0 bridgehead atoms. The van der Waals surface area contributed by atoms with Crippen molar-refractivity contribution >= 4 is 27.8 Å². The van der Waals surface area contributed by atoms with E-state index in [4.69, 9.17) is 5.11 Å². The molecule has 4 nitrogen and oxygen atoms in total. The summed E-state index contributed by atoms with van der Waals surface area (Å²) in [4.78, 5) is 23.7. The summed E-state index contributed by atoms with van der Waals surface area (Å²) in [6.45, 7) is 4.01. The largest absolute Gasteiger partial charge is 0.481 e. The highest BCUT2D eigenvalue weighted by molar-refractivity contribution is 9.10. The van der Waals surface area contributed by atoms with Gasteiger partial charge in [-0.2, -0.15) is 0 Å². The molecule has 23 heavy (non-hydrogen) atoms. The van der Waals surface area contributed by atoms with Crippen LogP contribution >= 0.6 is 15.9 Å². The zero-order chi connectivity index (χ0) is 17.0. The Morgan fingerprint density at radius 1 is 1.22 bits per heavy atom. The van der Waals surface area contributed by atoms with Gasteiger partial charge in [0, 0.05) is 15.9 Å². The molecule has 0 aliphatic heterocycles. The molecule has 1 aliphatic carbocycles. The van der Waals surface area contributed by atoms with E-state index in [0.29, 0.717) is 12.8 Å². The van der Waals surface area contributed by atoms with Gasteiger partial charge >= 0.3 is 5.97 Å². The lowest BCUT2D eigenvalue weighted by molar-refractivity contribution is -0.144. The predicted molar refractivity (Wildman–Crippen MR) is 93.2 cm³/mol. The van der Waals surface area contributed by atoms with Crippen LogP contribution in [0.1, 0.15) is 45.1 Å². The molecule has 0 aromatic heterocycles. The van der Waals surface area contributed by atoms with Gasteiger partial charge in [0.1, 0.15) is 0 Å². The highest BCUT2D eigenvalue weighted by atomic mass is 79.9. The SMILES string of the molecule is CC(C)(Cc1ccc(Br)cc1)NC(=O)C1CCCC(C(=O)O)C1. The second kappa shape index (κ2) is 7.47. The molecule has 2 N–H and O–H groups in total. The minimum atomic E-state index is -0.781. The molecule has 2 rings (SSSR count). The maximum atomic E-state index is 12.5. The summed E-state index contributed by atoms with van der Waals surface area (Å²) >= 11 is 3.42. The molecule has 5 heteroatoms. The molecule has 126 valence electrons. The van der Waals surface area contributed by atoms with E-state index in [9.17, 15) is 9.59 Å². The molecule has 1 amide bonds. The van der Waals surface area contributed by atoms with Crippen LogP contribution in [0.4, 0.5) is 0 Å². The molecule has 1 fully saturated rings. The number of hydrogen-bond acceptors (Lipinski definition) is 2. The van der Waals surface area contributed by atoms with Gasteiger partial charge in [-0.05, 0) is 57.2 Å². The van der Waals surface area contributed by atoms with Crippen LogP contribution in [0.15, 0.2) is 28.7 Å². The quantitative estimate of drug-likeness (QED) is 0.815. The van der Waals surface area contributed by atoms with Crippen molar-refractivity contribution in [2.45, 2.75) is 51.5 Å². The van der Waals surface area contributed by atoms with Crippen molar-refractivity contribution in [1.82, 2.24) is 5.32 Å². The van der Waals surface area contributed by atoms with Gasteiger partial charge in [0.05, 0.1) is 5.92 Å². The molecule has 1 aliphatic rings. The molecule has 2 atom stereocenters.